The van der Waals surface area contributed by atoms with Gasteiger partial charge in [0.15, 0.2) is 5.82 Å². The van der Waals surface area contributed by atoms with Gasteiger partial charge in [-0.05, 0) is 78.7 Å². The largest absolute Gasteiger partial charge is 0.508 e. The molecule has 4 aliphatic rings. The Labute approximate surface area is 254 Å². The number of hydrogen-bond donors (Lipinski definition) is 1. The molecule has 6 nitrogen and oxygen atoms in total. The number of anilines is 1. The van der Waals surface area contributed by atoms with Crippen molar-refractivity contribution >= 4 is 27.5 Å². The molecule has 230 valence electrons. The number of ether oxygens (including phenoxy) is 1. The summed E-state index contributed by atoms with van der Waals surface area (Å²) in [5.74, 6) is -0.0822. The fourth-order valence-electron chi connectivity index (χ4n) is 8.61. The Bertz CT molecular complexity index is 1750. The summed E-state index contributed by atoms with van der Waals surface area (Å²) in [6.07, 6.45) is 2.92. The zero-order chi connectivity index (χ0) is 30.2. The summed E-state index contributed by atoms with van der Waals surface area (Å²) in [6, 6.07) is 12.8. The summed E-state index contributed by atoms with van der Waals surface area (Å²) in [6.45, 7) is 4.54. The molecular weight excluding hydrogens is 565 g/mol. The highest BCUT2D eigenvalue weighted by Crippen LogP contribution is 2.44. The molecule has 0 radical (unpaired) electrons. The van der Waals surface area contributed by atoms with Crippen LogP contribution < -0.4 is 9.64 Å². The molecule has 1 aliphatic carbocycles. The smallest absolute Gasteiger partial charge is 0.319 e. The molecule has 1 saturated carbocycles. The monoisotopic (exact) mass is 602 g/mol. The third-order valence-corrected chi connectivity index (χ3v) is 10.7. The van der Waals surface area contributed by atoms with Crippen molar-refractivity contribution in [1.29, 1.82) is 0 Å². The van der Waals surface area contributed by atoms with E-state index in [1.54, 1.807) is 18.2 Å². The van der Waals surface area contributed by atoms with Gasteiger partial charge in [0.25, 0.3) is 0 Å². The van der Waals surface area contributed by atoms with Gasteiger partial charge in [-0.3, -0.25) is 4.90 Å². The summed E-state index contributed by atoms with van der Waals surface area (Å²) >= 11 is 0. The number of nitrogens with zero attached hydrogens (tertiary/aromatic N) is 4. The summed E-state index contributed by atoms with van der Waals surface area (Å²) in [4.78, 5) is 13.7. The van der Waals surface area contributed by atoms with E-state index in [9.17, 15) is 13.9 Å². The molecule has 4 aromatic rings. The zero-order valence-corrected chi connectivity index (χ0v) is 24.9. The molecular formula is C35H37F3N4O2. The summed E-state index contributed by atoms with van der Waals surface area (Å²) < 4.78 is 52.5. The molecule has 0 amide bonds. The van der Waals surface area contributed by atoms with E-state index in [1.807, 2.05) is 24.3 Å². The van der Waals surface area contributed by atoms with Crippen molar-refractivity contribution in [2.45, 2.75) is 63.3 Å². The molecule has 9 heteroatoms. The normalized spacial score (nSPS) is 28.3. The van der Waals surface area contributed by atoms with E-state index in [0.717, 1.165) is 55.0 Å². The van der Waals surface area contributed by atoms with Gasteiger partial charge in [-0.25, -0.2) is 13.2 Å². The minimum atomic E-state index is -0.894. The van der Waals surface area contributed by atoms with Crippen LogP contribution in [0.2, 0.25) is 0 Å². The summed E-state index contributed by atoms with van der Waals surface area (Å²) in [5.41, 5.74) is 1.70. The molecule has 3 aliphatic heterocycles. The van der Waals surface area contributed by atoms with E-state index >= 15 is 4.39 Å². The topological polar surface area (TPSA) is 61.7 Å². The van der Waals surface area contributed by atoms with Crippen LogP contribution >= 0.6 is 0 Å². The fourth-order valence-corrected chi connectivity index (χ4v) is 8.61. The SMILES string of the molecule is CCc1cccc2cc(O)cc(-c3ccc4c(N5CC6CCC(C5)C6F)nc(OC[C@@]56CCCN5C[C@H](F)C6)nc4c3F)c12. The van der Waals surface area contributed by atoms with Crippen LogP contribution in [0.4, 0.5) is 19.0 Å². The first kappa shape index (κ1) is 27.9. The molecule has 1 aromatic heterocycles. The maximum absolute atomic E-state index is 16.8. The molecule has 4 atom stereocenters. The Balaban J connectivity index is 1.26. The number of aryl methyl sites for hydroxylation is 1. The van der Waals surface area contributed by atoms with Gasteiger partial charge >= 0.3 is 6.01 Å². The number of piperidine rings is 1. The molecule has 3 aromatic carbocycles. The van der Waals surface area contributed by atoms with E-state index < -0.39 is 23.7 Å². The van der Waals surface area contributed by atoms with Crippen LogP contribution in [0.5, 0.6) is 11.8 Å². The second kappa shape index (κ2) is 10.5. The third-order valence-electron chi connectivity index (χ3n) is 10.7. The first-order valence-electron chi connectivity index (χ1n) is 16.0. The van der Waals surface area contributed by atoms with Crippen molar-refractivity contribution in [3.8, 4) is 22.9 Å². The first-order valence-corrected chi connectivity index (χ1v) is 16.0. The van der Waals surface area contributed by atoms with Gasteiger partial charge in [0.1, 0.15) is 36.0 Å². The number of alkyl halides is 2. The molecule has 2 unspecified atom stereocenters. The van der Waals surface area contributed by atoms with Gasteiger partial charge in [-0.15, -0.1) is 0 Å². The van der Waals surface area contributed by atoms with Crippen LogP contribution in [-0.2, 0) is 6.42 Å². The summed E-state index contributed by atoms with van der Waals surface area (Å²) in [7, 11) is 0. The third kappa shape index (κ3) is 4.41. The first-order chi connectivity index (χ1) is 21.3. The number of phenols is 1. The van der Waals surface area contributed by atoms with Crippen molar-refractivity contribution in [3.63, 3.8) is 0 Å². The predicted molar refractivity (Wildman–Crippen MR) is 165 cm³/mol. The van der Waals surface area contributed by atoms with Crippen LogP contribution in [0.25, 0.3) is 32.8 Å². The Hall–Kier alpha value is -3.59. The Morgan fingerprint density at radius 1 is 1.02 bits per heavy atom. The number of phenolic OH excluding ortho intramolecular Hbond substituents is 1. The number of fused-ring (bicyclic) bond motifs is 5. The Kier molecular flexibility index (Phi) is 6.66. The van der Waals surface area contributed by atoms with Gasteiger partial charge < -0.3 is 14.7 Å². The van der Waals surface area contributed by atoms with Gasteiger partial charge in [-0.2, -0.15) is 9.97 Å². The highest BCUT2D eigenvalue weighted by molar-refractivity contribution is 6.03. The van der Waals surface area contributed by atoms with E-state index in [4.69, 9.17) is 9.72 Å². The molecule has 4 fully saturated rings. The summed E-state index contributed by atoms with van der Waals surface area (Å²) in [5, 5.41) is 12.9. The minimum Gasteiger partial charge on any atom is -0.508 e. The van der Waals surface area contributed by atoms with Crippen LogP contribution in [0.15, 0.2) is 42.5 Å². The Morgan fingerprint density at radius 2 is 1.84 bits per heavy atom. The Morgan fingerprint density at radius 3 is 2.64 bits per heavy atom. The maximum Gasteiger partial charge on any atom is 0.319 e. The molecule has 8 rings (SSSR count). The number of benzene rings is 3. The number of aromatic nitrogens is 2. The quantitative estimate of drug-likeness (QED) is 0.257. The van der Waals surface area contributed by atoms with Crippen LogP contribution in [0.3, 0.4) is 0 Å². The standard InChI is InChI=1S/C35H37F3N4O2/c1-2-20-5-3-6-21-13-25(43)14-28(29(20)21)26-9-10-27-32(31(26)38)39-34(44-19-35-11-4-12-42(35)18-24(36)15-35)40-33(27)41-16-22-7-8-23(17-41)30(22)37/h3,5-6,9-10,13-14,22-24,30,43H,2,4,7-8,11-12,15-19H2,1H3/t22?,23?,24-,30?,35+/m1/s1. The van der Waals surface area contributed by atoms with Crippen molar-refractivity contribution in [2.75, 3.05) is 37.7 Å². The molecule has 44 heavy (non-hydrogen) atoms. The lowest BCUT2D eigenvalue weighted by atomic mass is 9.92. The number of rotatable bonds is 6. The van der Waals surface area contributed by atoms with Gasteiger partial charge in [0.05, 0.1) is 5.54 Å². The average Bonchev–Trinajstić information content (AvgIpc) is 3.59. The second-order valence-corrected chi connectivity index (χ2v) is 13.3. The van der Waals surface area contributed by atoms with E-state index in [1.165, 1.54) is 0 Å². The van der Waals surface area contributed by atoms with Crippen molar-refractivity contribution in [3.05, 3.63) is 53.8 Å². The van der Waals surface area contributed by atoms with Crippen molar-refractivity contribution in [1.82, 2.24) is 14.9 Å². The molecule has 4 heterocycles. The van der Waals surface area contributed by atoms with Gasteiger partial charge in [-0.1, -0.05) is 31.2 Å². The molecule has 1 N–H and O–H groups in total. The van der Waals surface area contributed by atoms with Crippen molar-refractivity contribution < 1.29 is 23.0 Å². The highest BCUT2D eigenvalue weighted by atomic mass is 19.1. The van der Waals surface area contributed by atoms with Crippen LogP contribution in [0, 0.1) is 17.7 Å². The van der Waals surface area contributed by atoms with Crippen LogP contribution in [-0.4, -0.2) is 70.6 Å². The molecule has 0 spiro atoms. The fraction of sp³-hybridized carbons (Fsp3) is 0.486. The van der Waals surface area contributed by atoms with Gasteiger partial charge in [0.2, 0.25) is 0 Å². The zero-order valence-electron chi connectivity index (χ0n) is 24.9. The maximum atomic E-state index is 16.8. The second-order valence-electron chi connectivity index (χ2n) is 13.3. The number of halogens is 3. The lowest BCUT2D eigenvalue weighted by Crippen LogP contribution is -2.44. The number of aromatic hydroxyl groups is 1. The van der Waals surface area contributed by atoms with E-state index in [2.05, 4.69) is 21.7 Å². The van der Waals surface area contributed by atoms with Crippen molar-refractivity contribution in [2.24, 2.45) is 11.8 Å². The predicted octanol–water partition coefficient (Wildman–Crippen LogP) is 7.00. The molecule has 2 bridgehead atoms. The lowest BCUT2D eigenvalue weighted by molar-refractivity contribution is 0.107. The number of hydrogen-bond acceptors (Lipinski definition) is 6. The van der Waals surface area contributed by atoms with E-state index in [0.29, 0.717) is 48.4 Å². The van der Waals surface area contributed by atoms with Gasteiger partial charge in [0, 0.05) is 48.8 Å². The van der Waals surface area contributed by atoms with Crippen LogP contribution in [0.1, 0.15) is 44.6 Å². The minimum absolute atomic E-state index is 0.0526. The highest BCUT2D eigenvalue weighted by Gasteiger charge is 2.49. The van der Waals surface area contributed by atoms with E-state index in [-0.39, 0.29) is 35.7 Å². The molecule has 3 saturated heterocycles. The average molecular weight is 603 g/mol. The lowest BCUT2D eigenvalue weighted by Gasteiger charge is -2.36.